The van der Waals surface area contributed by atoms with Crippen LogP contribution in [0.4, 0.5) is 11.4 Å². The molecule has 0 saturated carbocycles. The first-order valence-corrected chi connectivity index (χ1v) is 12.1. The van der Waals surface area contributed by atoms with E-state index in [2.05, 4.69) is 0 Å². The largest absolute Gasteiger partial charge is 0.426 e. The monoisotopic (exact) mass is 512 g/mol. The summed E-state index contributed by atoms with van der Waals surface area (Å²) in [5, 5.41) is 0.798. The molecule has 0 unspecified atom stereocenters. The van der Waals surface area contributed by atoms with Crippen LogP contribution in [0.25, 0.3) is 0 Å². The third-order valence-corrected chi connectivity index (χ3v) is 7.40. The van der Waals surface area contributed by atoms with Crippen molar-refractivity contribution in [2.75, 3.05) is 16.3 Å². The second-order valence-electron chi connectivity index (χ2n) is 9.08. The third-order valence-electron chi connectivity index (χ3n) is 6.84. The van der Waals surface area contributed by atoms with Crippen molar-refractivity contribution in [2.24, 2.45) is 23.7 Å². The first kappa shape index (κ1) is 23.6. The van der Waals surface area contributed by atoms with E-state index in [1.165, 1.54) is 9.80 Å². The molecular weight excluding hydrogens is 491 g/mol. The van der Waals surface area contributed by atoms with Gasteiger partial charge in [-0.2, -0.15) is 0 Å². The second kappa shape index (κ2) is 9.13. The van der Waals surface area contributed by atoms with E-state index < -0.39 is 11.9 Å². The average molecular weight is 513 g/mol. The third kappa shape index (κ3) is 4.23. The molecule has 3 aliphatic rings. The van der Waals surface area contributed by atoms with E-state index in [0.29, 0.717) is 27.8 Å². The molecule has 1 aliphatic carbocycles. The molecule has 2 aromatic carbocycles. The zero-order valence-electron chi connectivity index (χ0n) is 18.8. The molecule has 2 fully saturated rings. The van der Waals surface area contributed by atoms with Gasteiger partial charge in [0.05, 0.1) is 34.2 Å². The van der Waals surface area contributed by atoms with Crippen LogP contribution in [0.15, 0.2) is 54.6 Å². The molecule has 0 spiro atoms. The highest BCUT2D eigenvalue weighted by molar-refractivity contribution is 6.36. The highest BCUT2D eigenvalue weighted by atomic mass is 35.5. The Bertz CT molecular complexity index is 1260. The average Bonchev–Trinajstić information content (AvgIpc) is 3.34. The van der Waals surface area contributed by atoms with E-state index >= 15 is 0 Å². The summed E-state index contributed by atoms with van der Waals surface area (Å²) in [5.74, 6) is -2.29. The van der Waals surface area contributed by atoms with Gasteiger partial charge in [0.15, 0.2) is 0 Å². The normalized spacial score (nSPS) is 25.9. The van der Waals surface area contributed by atoms with Gasteiger partial charge in [0.2, 0.25) is 17.7 Å². The number of anilines is 2. The number of nitrogens with zero attached hydrogens (tertiary/aromatic N) is 2. The van der Waals surface area contributed by atoms with Gasteiger partial charge in [0.25, 0.3) is 0 Å². The molecule has 0 aromatic heterocycles. The van der Waals surface area contributed by atoms with Crippen LogP contribution in [0.1, 0.15) is 19.8 Å². The van der Waals surface area contributed by atoms with Crippen molar-refractivity contribution in [3.8, 4) is 5.75 Å². The van der Waals surface area contributed by atoms with Gasteiger partial charge in [0, 0.05) is 18.0 Å². The number of esters is 1. The number of ether oxygens (including phenoxy) is 1. The van der Waals surface area contributed by atoms with Crippen LogP contribution in [-0.4, -0.2) is 30.2 Å². The summed E-state index contributed by atoms with van der Waals surface area (Å²) < 4.78 is 5.49. The first-order chi connectivity index (χ1) is 16.7. The van der Waals surface area contributed by atoms with Crippen LogP contribution in [0.2, 0.25) is 10.0 Å². The Labute approximate surface area is 212 Å². The smallest absolute Gasteiger partial charge is 0.316 e. The lowest BCUT2D eigenvalue weighted by Gasteiger charge is -2.22. The van der Waals surface area contributed by atoms with Gasteiger partial charge in [-0.15, -0.1) is 0 Å². The molecule has 5 rings (SSSR count). The molecule has 2 saturated heterocycles. The van der Waals surface area contributed by atoms with Crippen LogP contribution >= 0.6 is 23.2 Å². The molecule has 0 bridgehead atoms. The van der Waals surface area contributed by atoms with Gasteiger partial charge in [-0.1, -0.05) is 42.3 Å². The Hall–Kier alpha value is -3.16. The molecule has 0 radical (unpaired) electrons. The number of benzene rings is 2. The van der Waals surface area contributed by atoms with Crippen molar-refractivity contribution in [3.63, 3.8) is 0 Å². The fourth-order valence-corrected chi connectivity index (χ4v) is 5.44. The number of carbonyl (C=O) groups excluding carboxylic acids is 4. The summed E-state index contributed by atoms with van der Waals surface area (Å²) >= 11 is 12.2. The Morgan fingerprint density at radius 3 is 2.49 bits per heavy atom. The summed E-state index contributed by atoms with van der Waals surface area (Å²) in [7, 11) is 0. The quantitative estimate of drug-likeness (QED) is 0.257. The first-order valence-electron chi connectivity index (χ1n) is 11.4. The summed E-state index contributed by atoms with van der Waals surface area (Å²) in [6.45, 7) is 2.07. The number of amides is 3. The number of hydrogen-bond donors (Lipinski definition) is 0. The molecule has 4 atom stereocenters. The van der Waals surface area contributed by atoms with E-state index in [4.69, 9.17) is 27.9 Å². The lowest BCUT2D eigenvalue weighted by atomic mass is 9.78. The molecule has 2 aromatic rings. The highest BCUT2D eigenvalue weighted by Crippen LogP contribution is 2.41. The second-order valence-corrected chi connectivity index (χ2v) is 9.93. The molecule has 0 N–H and O–H groups in total. The summed E-state index contributed by atoms with van der Waals surface area (Å²) in [6, 6.07) is 11.1. The van der Waals surface area contributed by atoms with Gasteiger partial charge in [-0.25, -0.2) is 0 Å². The van der Waals surface area contributed by atoms with Gasteiger partial charge >= 0.3 is 5.97 Å². The molecule has 2 aliphatic heterocycles. The van der Waals surface area contributed by atoms with Crippen LogP contribution < -0.4 is 14.5 Å². The maximum atomic E-state index is 13.0. The maximum Gasteiger partial charge on any atom is 0.316 e. The van der Waals surface area contributed by atoms with Crippen molar-refractivity contribution in [3.05, 3.63) is 64.7 Å². The van der Waals surface area contributed by atoms with E-state index in [1.54, 1.807) is 42.5 Å². The lowest BCUT2D eigenvalue weighted by Crippen LogP contribution is -2.31. The van der Waals surface area contributed by atoms with Crippen LogP contribution in [-0.2, 0) is 19.2 Å². The van der Waals surface area contributed by atoms with E-state index in [1.807, 2.05) is 19.1 Å². The van der Waals surface area contributed by atoms with Crippen molar-refractivity contribution in [1.82, 2.24) is 0 Å². The maximum absolute atomic E-state index is 13.0. The van der Waals surface area contributed by atoms with Gasteiger partial charge < -0.3 is 9.64 Å². The fraction of sp³-hybridized carbons (Fsp3) is 0.308. The predicted octanol–water partition coefficient (Wildman–Crippen LogP) is 4.65. The van der Waals surface area contributed by atoms with E-state index in [9.17, 15) is 19.2 Å². The van der Waals surface area contributed by atoms with Crippen LogP contribution in [0, 0.1) is 23.7 Å². The number of carbonyl (C=O) groups is 4. The van der Waals surface area contributed by atoms with E-state index in [0.717, 1.165) is 0 Å². The molecule has 3 amide bonds. The van der Waals surface area contributed by atoms with E-state index in [-0.39, 0.29) is 54.2 Å². The summed E-state index contributed by atoms with van der Waals surface area (Å²) in [6.07, 6.45) is 4.49. The van der Waals surface area contributed by atoms with Crippen molar-refractivity contribution in [1.29, 1.82) is 0 Å². The van der Waals surface area contributed by atoms with Crippen LogP contribution in [0.3, 0.4) is 0 Å². The fourth-order valence-electron chi connectivity index (χ4n) is 5.06. The SMILES string of the molecule is C[C@@H]1C=CC[C@@H]2C(=O)N(c3ccc(OC(=O)[C@@H]4CC(=O)N(c5cc(Cl)ccc5Cl)C4)cc3)C(=O)[C@H]12. The van der Waals surface area contributed by atoms with Crippen molar-refractivity contribution in [2.45, 2.75) is 19.8 Å². The molecule has 180 valence electrons. The number of imide groups is 1. The highest BCUT2D eigenvalue weighted by Gasteiger charge is 2.50. The summed E-state index contributed by atoms with van der Waals surface area (Å²) in [4.78, 5) is 53.8. The molecular formula is C26H22Cl2N2O5. The van der Waals surface area contributed by atoms with Crippen molar-refractivity contribution >= 4 is 58.3 Å². The number of rotatable bonds is 4. The van der Waals surface area contributed by atoms with Crippen LogP contribution in [0.5, 0.6) is 5.75 Å². The molecule has 2 heterocycles. The Kier molecular flexibility index (Phi) is 6.15. The lowest BCUT2D eigenvalue weighted by molar-refractivity contribution is -0.139. The standard InChI is InChI=1S/C26H22Cl2N2O5/c1-14-3-2-4-19-23(14)25(33)30(24(19)32)17-6-8-18(9-7-17)35-26(34)15-11-22(31)29(13-15)21-12-16(27)5-10-20(21)28/h2-3,5-10,12,14-15,19,23H,4,11,13H2,1H3/t14-,15-,19+,23-/m1/s1. The molecule has 9 heteroatoms. The summed E-state index contributed by atoms with van der Waals surface area (Å²) in [5.41, 5.74) is 0.896. The minimum absolute atomic E-state index is 0.00547. The number of hydrogen-bond acceptors (Lipinski definition) is 5. The Morgan fingerprint density at radius 2 is 1.77 bits per heavy atom. The zero-order chi connectivity index (χ0) is 24.9. The predicted molar refractivity (Wildman–Crippen MR) is 131 cm³/mol. The van der Waals surface area contributed by atoms with Gasteiger partial charge in [0.1, 0.15) is 5.75 Å². The topological polar surface area (TPSA) is 84.0 Å². The minimum Gasteiger partial charge on any atom is -0.426 e. The van der Waals surface area contributed by atoms with Gasteiger partial charge in [-0.05, 0) is 54.8 Å². The number of halogens is 2. The zero-order valence-corrected chi connectivity index (χ0v) is 20.3. The molecule has 7 nitrogen and oxygen atoms in total. The minimum atomic E-state index is -0.670. The Balaban J connectivity index is 1.26. The van der Waals surface area contributed by atoms with Gasteiger partial charge in [-0.3, -0.25) is 24.1 Å². The molecule has 35 heavy (non-hydrogen) atoms. The Morgan fingerprint density at radius 1 is 1.03 bits per heavy atom. The van der Waals surface area contributed by atoms with Crippen molar-refractivity contribution < 1.29 is 23.9 Å². The number of allylic oxidation sites excluding steroid dienone is 2. The number of fused-ring (bicyclic) bond motifs is 1.